The van der Waals surface area contributed by atoms with Gasteiger partial charge in [-0.05, 0) is 90.8 Å². The summed E-state index contributed by atoms with van der Waals surface area (Å²) >= 11 is 0. The van der Waals surface area contributed by atoms with E-state index in [1.807, 2.05) is 12.1 Å². The molecule has 0 saturated carbocycles. The number of hydrogen-bond donors (Lipinski definition) is 0. The molecule has 2 nitrogen and oxygen atoms in total. The molecule has 1 aliphatic heterocycles. The SMILES string of the molecule is CC(C)N1CCN(c2ccc(C3=C(c4ccc(F)cc4)CCCc4ccccc43)cc2)CC1. The van der Waals surface area contributed by atoms with Crippen molar-refractivity contribution >= 4 is 16.8 Å². The van der Waals surface area contributed by atoms with Gasteiger partial charge in [-0.25, -0.2) is 4.39 Å². The Morgan fingerprint density at radius 1 is 0.727 bits per heavy atom. The third-order valence-corrected chi connectivity index (χ3v) is 7.22. The Bertz CT molecular complexity index is 1120. The van der Waals surface area contributed by atoms with Crippen LogP contribution < -0.4 is 4.90 Å². The number of fused-ring (bicyclic) bond motifs is 1. The molecular weight excluding hydrogens is 407 g/mol. The van der Waals surface area contributed by atoms with Crippen LogP contribution >= 0.6 is 0 Å². The van der Waals surface area contributed by atoms with Gasteiger partial charge in [-0.2, -0.15) is 0 Å². The highest BCUT2D eigenvalue weighted by molar-refractivity contribution is 6.00. The fourth-order valence-electron chi connectivity index (χ4n) is 5.33. The Hall–Kier alpha value is -2.91. The van der Waals surface area contributed by atoms with Crippen LogP contribution in [0.1, 0.15) is 48.9 Å². The molecule has 3 heteroatoms. The summed E-state index contributed by atoms with van der Waals surface area (Å²) in [6.45, 7) is 8.94. The van der Waals surface area contributed by atoms with Crippen molar-refractivity contribution in [2.45, 2.75) is 39.2 Å². The van der Waals surface area contributed by atoms with E-state index < -0.39 is 0 Å². The molecule has 0 amide bonds. The van der Waals surface area contributed by atoms with Gasteiger partial charge in [0.05, 0.1) is 0 Å². The molecule has 1 fully saturated rings. The lowest BCUT2D eigenvalue weighted by Crippen LogP contribution is -2.48. The molecule has 1 heterocycles. The molecule has 33 heavy (non-hydrogen) atoms. The van der Waals surface area contributed by atoms with Crippen LogP contribution in [0.15, 0.2) is 72.8 Å². The minimum atomic E-state index is -0.183. The number of piperazine rings is 1. The van der Waals surface area contributed by atoms with E-state index in [0.29, 0.717) is 6.04 Å². The van der Waals surface area contributed by atoms with Gasteiger partial charge >= 0.3 is 0 Å². The molecule has 0 unspecified atom stereocenters. The average molecular weight is 441 g/mol. The highest BCUT2D eigenvalue weighted by Gasteiger charge is 2.22. The van der Waals surface area contributed by atoms with Crippen LogP contribution in [0.25, 0.3) is 11.1 Å². The van der Waals surface area contributed by atoms with E-state index in [0.717, 1.165) is 51.0 Å². The van der Waals surface area contributed by atoms with Crippen molar-refractivity contribution in [3.63, 3.8) is 0 Å². The Labute approximate surface area is 197 Å². The van der Waals surface area contributed by atoms with E-state index >= 15 is 0 Å². The summed E-state index contributed by atoms with van der Waals surface area (Å²) in [6, 6.07) is 25.5. The number of rotatable bonds is 4. The molecule has 3 aromatic carbocycles. The zero-order chi connectivity index (χ0) is 22.8. The first-order chi connectivity index (χ1) is 16.1. The van der Waals surface area contributed by atoms with Crippen LogP contribution in [0, 0.1) is 5.82 Å². The Morgan fingerprint density at radius 2 is 1.39 bits per heavy atom. The minimum Gasteiger partial charge on any atom is -0.369 e. The molecule has 0 aromatic heterocycles. The summed E-state index contributed by atoms with van der Waals surface area (Å²) in [7, 11) is 0. The van der Waals surface area contributed by atoms with Crippen LogP contribution in [-0.4, -0.2) is 37.1 Å². The lowest BCUT2D eigenvalue weighted by Gasteiger charge is -2.38. The third-order valence-electron chi connectivity index (χ3n) is 7.22. The molecular formula is C30H33FN2. The first-order valence-corrected chi connectivity index (χ1v) is 12.3. The molecule has 3 aromatic rings. The second kappa shape index (κ2) is 9.52. The summed E-state index contributed by atoms with van der Waals surface area (Å²) in [6.07, 6.45) is 3.17. The van der Waals surface area contributed by atoms with Crippen LogP contribution in [0.5, 0.6) is 0 Å². The van der Waals surface area contributed by atoms with Gasteiger partial charge < -0.3 is 4.90 Å². The normalized spacial score (nSPS) is 17.3. The van der Waals surface area contributed by atoms with Crippen LogP contribution in [0.3, 0.4) is 0 Å². The van der Waals surface area contributed by atoms with Crippen LogP contribution in [-0.2, 0) is 6.42 Å². The maximum atomic E-state index is 13.7. The van der Waals surface area contributed by atoms with Crippen molar-refractivity contribution in [3.8, 4) is 0 Å². The maximum absolute atomic E-state index is 13.7. The Morgan fingerprint density at radius 3 is 2.09 bits per heavy atom. The molecule has 2 aliphatic rings. The lowest BCUT2D eigenvalue weighted by atomic mass is 9.88. The highest BCUT2D eigenvalue weighted by Crippen LogP contribution is 2.40. The number of nitrogens with zero attached hydrogens (tertiary/aromatic N) is 2. The van der Waals surface area contributed by atoms with Crippen molar-refractivity contribution in [1.82, 2.24) is 4.90 Å². The van der Waals surface area contributed by atoms with Gasteiger partial charge in [-0.15, -0.1) is 0 Å². The van der Waals surface area contributed by atoms with Crippen molar-refractivity contribution in [2.75, 3.05) is 31.1 Å². The Balaban J connectivity index is 1.52. The standard InChI is InChI=1S/C30H33FN2/c1-22(2)32-18-20-33(21-19-32)27-16-12-25(13-17-27)30-28-8-4-3-6-23(28)7-5-9-29(30)24-10-14-26(31)15-11-24/h3-4,6,8,10-17,22H,5,7,9,18-21H2,1-2H3. The fourth-order valence-corrected chi connectivity index (χ4v) is 5.33. The first kappa shape index (κ1) is 21.9. The summed E-state index contributed by atoms with van der Waals surface area (Å²) in [4.78, 5) is 5.05. The van der Waals surface area contributed by atoms with E-state index in [1.165, 1.54) is 33.5 Å². The molecule has 0 atom stereocenters. The summed E-state index contributed by atoms with van der Waals surface area (Å²) < 4.78 is 13.7. The van der Waals surface area contributed by atoms with Gasteiger partial charge in [0.2, 0.25) is 0 Å². The highest BCUT2D eigenvalue weighted by atomic mass is 19.1. The molecule has 0 radical (unpaired) electrons. The predicted molar refractivity (Wildman–Crippen MR) is 137 cm³/mol. The van der Waals surface area contributed by atoms with Crippen molar-refractivity contribution in [3.05, 3.63) is 101 Å². The zero-order valence-electron chi connectivity index (χ0n) is 19.7. The van der Waals surface area contributed by atoms with E-state index in [9.17, 15) is 4.39 Å². The smallest absolute Gasteiger partial charge is 0.123 e. The van der Waals surface area contributed by atoms with Crippen LogP contribution in [0.2, 0.25) is 0 Å². The molecule has 1 saturated heterocycles. The number of allylic oxidation sites excluding steroid dienone is 1. The van der Waals surface area contributed by atoms with Gasteiger partial charge in [0, 0.05) is 37.9 Å². The molecule has 1 aliphatic carbocycles. The van der Waals surface area contributed by atoms with Crippen molar-refractivity contribution in [2.24, 2.45) is 0 Å². The van der Waals surface area contributed by atoms with E-state index in [2.05, 4.69) is 72.2 Å². The van der Waals surface area contributed by atoms with Gasteiger partial charge in [-0.1, -0.05) is 48.5 Å². The van der Waals surface area contributed by atoms with Crippen LogP contribution in [0.4, 0.5) is 10.1 Å². The number of aryl methyl sites for hydroxylation is 1. The molecule has 0 N–H and O–H groups in total. The molecule has 170 valence electrons. The predicted octanol–water partition coefficient (Wildman–Crippen LogP) is 6.65. The second-order valence-electron chi connectivity index (χ2n) is 9.53. The number of anilines is 1. The summed E-state index contributed by atoms with van der Waals surface area (Å²) in [5.74, 6) is -0.183. The van der Waals surface area contributed by atoms with Gasteiger partial charge in [0.25, 0.3) is 0 Å². The topological polar surface area (TPSA) is 6.48 Å². The number of halogens is 1. The lowest BCUT2D eigenvalue weighted by molar-refractivity contribution is 0.209. The van der Waals surface area contributed by atoms with Crippen molar-refractivity contribution in [1.29, 1.82) is 0 Å². The van der Waals surface area contributed by atoms with E-state index in [-0.39, 0.29) is 5.82 Å². The van der Waals surface area contributed by atoms with Crippen molar-refractivity contribution < 1.29 is 4.39 Å². The largest absolute Gasteiger partial charge is 0.369 e. The number of hydrogen-bond acceptors (Lipinski definition) is 2. The quantitative estimate of drug-likeness (QED) is 0.448. The van der Waals surface area contributed by atoms with Gasteiger partial charge in [0.1, 0.15) is 5.82 Å². The van der Waals surface area contributed by atoms with Gasteiger partial charge in [0.15, 0.2) is 0 Å². The maximum Gasteiger partial charge on any atom is 0.123 e. The molecule has 0 bridgehead atoms. The van der Waals surface area contributed by atoms with Gasteiger partial charge in [-0.3, -0.25) is 4.90 Å². The Kier molecular flexibility index (Phi) is 6.32. The minimum absolute atomic E-state index is 0.183. The zero-order valence-corrected chi connectivity index (χ0v) is 19.7. The number of benzene rings is 3. The second-order valence-corrected chi connectivity index (χ2v) is 9.53. The fraction of sp³-hybridized carbons (Fsp3) is 0.333. The summed E-state index contributed by atoms with van der Waals surface area (Å²) in [5.41, 5.74) is 8.99. The molecule has 5 rings (SSSR count). The average Bonchev–Trinajstić information content (AvgIpc) is 3.04. The molecule has 0 spiro atoms. The summed E-state index contributed by atoms with van der Waals surface area (Å²) in [5, 5.41) is 0. The van der Waals surface area contributed by atoms with E-state index in [1.54, 1.807) is 12.1 Å². The monoisotopic (exact) mass is 440 g/mol. The third kappa shape index (κ3) is 4.60. The first-order valence-electron chi connectivity index (χ1n) is 12.3. The van der Waals surface area contributed by atoms with E-state index in [4.69, 9.17) is 0 Å².